The molecule has 182 valence electrons. The van der Waals surface area contributed by atoms with E-state index in [0.717, 1.165) is 35.7 Å². The Bertz CT molecular complexity index is 1040. The van der Waals surface area contributed by atoms with E-state index in [1.165, 1.54) is 0 Å². The number of anilines is 1. The van der Waals surface area contributed by atoms with Gasteiger partial charge in [-0.2, -0.15) is 5.10 Å². The summed E-state index contributed by atoms with van der Waals surface area (Å²) >= 11 is 0. The molecular weight excluding hydrogens is 543 g/mol. The van der Waals surface area contributed by atoms with Gasteiger partial charge in [0, 0.05) is 38.2 Å². The molecule has 8 nitrogen and oxygen atoms in total. The number of nitrogens with zero attached hydrogens (tertiary/aromatic N) is 3. The summed E-state index contributed by atoms with van der Waals surface area (Å²) in [5.74, 6) is 0.745. The molecule has 0 aliphatic carbocycles. The summed E-state index contributed by atoms with van der Waals surface area (Å²) in [6.45, 7) is 6.92. The van der Waals surface area contributed by atoms with Crippen LogP contribution in [0.3, 0.4) is 0 Å². The maximum absolute atomic E-state index is 11.9. The zero-order valence-electron chi connectivity index (χ0n) is 20.0. The monoisotopic (exact) mass is 576 g/mol. The van der Waals surface area contributed by atoms with Gasteiger partial charge < -0.3 is 15.4 Å². The number of guanidine groups is 1. The van der Waals surface area contributed by atoms with Crippen molar-refractivity contribution >= 4 is 41.7 Å². The number of hydrogen-bond donors (Lipinski definition) is 3. The highest BCUT2D eigenvalue weighted by molar-refractivity contribution is 14.0. The van der Waals surface area contributed by atoms with Crippen molar-refractivity contribution in [1.82, 2.24) is 20.4 Å². The van der Waals surface area contributed by atoms with Crippen molar-refractivity contribution in [3.63, 3.8) is 0 Å². The van der Waals surface area contributed by atoms with E-state index < -0.39 is 11.7 Å². The van der Waals surface area contributed by atoms with Crippen LogP contribution >= 0.6 is 24.0 Å². The molecule has 1 heterocycles. The Balaban J connectivity index is 0.00000408. The largest absolute Gasteiger partial charge is 0.444 e. The number of carbonyl (C=O) groups is 1. The van der Waals surface area contributed by atoms with Crippen LogP contribution in [-0.4, -0.2) is 41.0 Å². The minimum absolute atomic E-state index is 0. The SMILES string of the molecule is CN=C(NCCc1ccc(NC(=O)OC(C)(C)C)cc1)NCc1ccc(-n2cccn2)cc1.I. The van der Waals surface area contributed by atoms with E-state index >= 15 is 0 Å². The van der Waals surface area contributed by atoms with Crippen molar-refractivity contribution in [2.75, 3.05) is 18.9 Å². The van der Waals surface area contributed by atoms with E-state index in [2.05, 4.69) is 38.2 Å². The number of amides is 1. The first-order valence-electron chi connectivity index (χ1n) is 10.9. The molecule has 0 saturated heterocycles. The first-order valence-corrected chi connectivity index (χ1v) is 10.9. The topological polar surface area (TPSA) is 92.6 Å². The van der Waals surface area contributed by atoms with E-state index in [-0.39, 0.29) is 24.0 Å². The van der Waals surface area contributed by atoms with E-state index in [1.54, 1.807) is 13.2 Å². The zero-order valence-corrected chi connectivity index (χ0v) is 22.4. The molecule has 0 aliphatic rings. The Labute approximate surface area is 218 Å². The second kappa shape index (κ2) is 13.0. The third-order valence-corrected chi connectivity index (χ3v) is 4.69. The molecule has 0 saturated carbocycles. The predicted octanol–water partition coefficient (Wildman–Crippen LogP) is 4.75. The van der Waals surface area contributed by atoms with Crippen molar-refractivity contribution in [1.29, 1.82) is 0 Å². The van der Waals surface area contributed by atoms with Crippen molar-refractivity contribution < 1.29 is 9.53 Å². The van der Waals surface area contributed by atoms with Crippen molar-refractivity contribution in [3.8, 4) is 5.69 Å². The quantitative estimate of drug-likeness (QED) is 0.215. The maximum atomic E-state index is 11.9. The number of nitrogens with one attached hydrogen (secondary N) is 3. The molecule has 0 aliphatic heterocycles. The summed E-state index contributed by atoms with van der Waals surface area (Å²) in [4.78, 5) is 16.1. The highest BCUT2D eigenvalue weighted by Crippen LogP contribution is 2.13. The van der Waals surface area contributed by atoms with Crippen LogP contribution in [0.15, 0.2) is 72.0 Å². The van der Waals surface area contributed by atoms with Gasteiger partial charge in [0.1, 0.15) is 5.60 Å². The lowest BCUT2D eigenvalue weighted by Gasteiger charge is -2.19. The van der Waals surface area contributed by atoms with Crippen molar-refractivity contribution in [2.24, 2.45) is 4.99 Å². The first kappa shape index (κ1) is 27.2. The summed E-state index contributed by atoms with van der Waals surface area (Å²) in [5, 5.41) is 13.6. The van der Waals surface area contributed by atoms with Crippen LogP contribution in [0.25, 0.3) is 5.69 Å². The van der Waals surface area contributed by atoms with Crippen LogP contribution in [0.2, 0.25) is 0 Å². The first-order chi connectivity index (χ1) is 15.8. The molecular formula is C25H33IN6O2. The minimum Gasteiger partial charge on any atom is -0.444 e. The third kappa shape index (κ3) is 9.05. The fourth-order valence-electron chi connectivity index (χ4n) is 3.10. The molecule has 9 heteroatoms. The lowest BCUT2D eigenvalue weighted by atomic mass is 10.1. The molecule has 0 spiro atoms. The van der Waals surface area contributed by atoms with Gasteiger partial charge in [-0.05, 0) is 68.7 Å². The fraction of sp³-hybridized carbons (Fsp3) is 0.320. The lowest BCUT2D eigenvalue weighted by molar-refractivity contribution is 0.0636. The Hall–Kier alpha value is -3.08. The van der Waals surface area contributed by atoms with Crippen LogP contribution in [0.1, 0.15) is 31.9 Å². The molecule has 3 aromatic rings. The van der Waals surface area contributed by atoms with E-state index in [4.69, 9.17) is 4.74 Å². The van der Waals surface area contributed by atoms with Crippen LogP contribution in [0.4, 0.5) is 10.5 Å². The Morgan fingerprint density at radius 1 is 1.03 bits per heavy atom. The smallest absolute Gasteiger partial charge is 0.412 e. The molecule has 0 atom stereocenters. The average molecular weight is 576 g/mol. The predicted molar refractivity (Wildman–Crippen MR) is 147 cm³/mol. The van der Waals surface area contributed by atoms with E-state index in [9.17, 15) is 4.79 Å². The van der Waals surface area contributed by atoms with Crippen LogP contribution < -0.4 is 16.0 Å². The second-order valence-corrected chi connectivity index (χ2v) is 8.54. The van der Waals surface area contributed by atoms with Crippen molar-refractivity contribution in [3.05, 3.63) is 78.1 Å². The van der Waals surface area contributed by atoms with Gasteiger partial charge in [-0.3, -0.25) is 10.3 Å². The summed E-state index contributed by atoms with van der Waals surface area (Å²) in [6, 6.07) is 17.9. The zero-order chi connectivity index (χ0) is 23.7. The van der Waals surface area contributed by atoms with Gasteiger partial charge in [0.25, 0.3) is 0 Å². The molecule has 3 rings (SSSR count). The summed E-state index contributed by atoms with van der Waals surface area (Å²) in [7, 11) is 1.76. The van der Waals surface area contributed by atoms with E-state index in [0.29, 0.717) is 12.2 Å². The van der Waals surface area contributed by atoms with Crippen molar-refractivity contribution in [2.45, 2.75) is 39.3 Å². The summed E-state index contributed by atoms with van der Waals surface area (Å²) in [5.41, 5.74) is 3.52. The van der Waals surface area contributed by atoms with Crippen LogP contribution in [0.5, 0.6) is 0 Å². The van der Waals surface area contributed by atoms with Gasteiger partial charge >= 0.3 is 6.09 Å². The molecule has 1 aromatic heterocycles. The van der Waals surface area contributed by atoms with Crippen LogP contribution in [-0.2, 0) is 17.7 Å². The number of aliphatic imine (C=N–C) groups is 1. The number of rotatable bonds is 7. The van der Waals surface area contributed by atoms with Gasteiger partial charge in [0.05, 0.1) is 5.69 Å². The molecule has 0 unspecified atom stereocenters. The summed E-state index contributed by atoms with van der Waals surface area (Å²) in [6.07, 6.45) is 4.05. The highest BCUT2D eigenvalue weighted by Gasteiger charge is 2.16. The van der Waals surface area contributed by atoms with Gasteiger partial charge in [-0.1, -0.05) is 24.3 Å². The summed E-state index contributed by atoms with van der Waals surface area (Å²) < 4.78 is 7.10. The lowest BCUT2D eigenvalue weighted by Crippen LogP contribution is -2.37. The second-order valence-electron chi connectivity index (χ2n) is 8.54. The molecule has 0 fully saturated rings. The molecule has 0 radical (unpaired) electrons. The standard InChI is InChI=1S/C25H32N6O2.HI/c1-25(2,3)33-24(32)30-21-10-6-19(7-11-21)14-16-27-23(26-4)28-18-20-8-12-22(13-9-20)31-17-5-15-29-31;/h5-13,15,17H,14,16,18H2,1-4H3,(H,30,32)(H2,26,27,28);1H. The Kier molecular flexibility index (Phi) is 10.4. The fourth-order valence-corrected chi connectivity index (χ4v) is 3.10. The molecule has 34 heavy (non-hydrogen) atoms. The number of halogens is 1. The molecule has 0 bridgehead atoms. The Morgan fingerprint density at radius 3 is 2.29 bits per heavy atom. The maximum Gasteiger partial charge on any atom is 0.412 e. The number of aromatic nitrogens is 2. The highest BCUT2D eigenvalue weighted by atomic mass is 127. The molecule has 3 N–H and O–H groups in total. The number of hydrogen-bond acceptors (Lipinski definition) is 4. The number of ether oxygens (including phenoxy) is 1. The molecule has 2 aromatic carbocycles. The number of carbonyl (C=O) groups excluding carboxylic acids is 1. The Morgan fingerprint density at radius 2 is 1.71 bits per heavy atom. The van der Waals surface area contributed by atoms with E-state index in [1.807, 2.05) is 74.1 Å². The van der Waals surface area contributed by atoms with Gasteiger partial charge in [0.15, 0.2) is 5.96 Å². The van der Waals surface area contributed by atoms with Crippen LogP contribution in [0, 0.1) is 0 Å². The third-order valence-electron chi connectivity index (χ3n) is 4.69. The molecule has 1 amide bonds. The normalized spacial score (nSPS) is 11.4. The van der Waals surface area contributed by atoms with Gasteiger partial charge in [0.2, 0.25) is 0 Å². The van der Waals surface area contributed by atoms with Gasteiger partial charge in [-0.25, -0.2) is 9.48 Å². The number of benzene rings is 2. The van der Waals surface area contributed by atoms with Gasteiger partial charge in [-0.15, -0.1) is 24.0 Å². The minimum atomic E-state index is -0.522. The average Bonchev–Trinajstić information content (AvgIpc) is 3.31.